The fourth-order valence-electron chi connectivity index (χ4n) is 2.20. The molecule has 0 atom stereocenters. The standard InChI is InChI=1S/C13H18BrFN2O/c1-18-12-3-2-11(14)13(15)10(12)4-7-17-8-5-16-6-9-17/h2-3,16H,4-9H2,1H3. The number of methoxy groups -OCH3 is 1. The Balaban J connectivity index is 2.05. The van der Waals surface area contributed by atoms with Gasteiger partial charge < -0.3 is 15.0 Å². The number of hydrogen-bond donors (Lipinski definition) is 1. The van der Waals surface area contributed by atoms with E-state index in [0.717, 1.165) is 32.7 Å². The first kappa shape index (κ1) is 13.8. The average molecular weight is 317 g/mol. The maximum absolute atomic E-state index is 14.0. The van der Waals surface area contributed by atoms with E-state index in [1.165, 1.54) is 0 Å². The van der Waals surface area contributed by atoms with Gasteiger partial charge >= 0.3 is 0 Å². The first-order valence-corrected chi connectivity index (χ1v) is 6.95. The summed E-state index contributed by atoms with van der Waals surface area (Å²) in [6.45, 7) is 4.94. The van der Waals surface area contributed by atoms with Crippen molar-refractivity contribution in [3.05, 3.63) is 28.0 Å². The monoisotopic (exact) mass is 316 g/mol. The van der Waals surface area contributed by atoms with Crippen molar-refractivity contribution in [3.8, 4) is 5.75 Å². The van der Waals surface area contributed by atoms with Crippen molar-refractivity contribution in [2.45, 2.75) is 6.42 Å². The van der Waals surface area contributed by atoms with Gasteiger partial charge in [0.05, 0.1) is 11.6 Å². The normalized spacial score (nSPS) is 16.8. The number of ether oxygens (including phenoxy) is 1. The molecular formula is C13H18BrFN2O. The van der Waals surface area contributed by atoms with Gasteiger partial charge in [-0.05, 0) is 34.5 Å². The van der Waals surface area contributed by atoms with Crippen LogP contribution in [0.25, 0.3) is 0 Å². The molecular weight excluding hydrogens is 299 g/mol. The minimum absolute atomic E-state index is 0.204. The molecule has 0 spiro atoms. The predicted molar refractivity (Wildman–Crippen MR) is 73.7 cm³/mol. The lowest BCUT2D eigenvalue weighted by molar-refractivity contribution is 0.242. The average Bonchev–Trinajstić information content (AvgIpc) is 2.41. The minimum atomic E-state index is -0.204. The van der Waals surface area contributed by atoms with Crippen molar-refractivity contribution < 1.29 is 9.13 Å². The lowest BCUT2D eigenvalue weighted by atomic mass is 10.1. The van der Waals surface area contributed by atoms with Crippen LogP contribution in [0.4, 0.5) is 4.39 Å². The maximum Gasteiger partial charge on any atom is 0.144 e. The fraction of sp³-hybridized carbons (Fsp3) is 0.538. The first-order valence-electron chi connectivity index (χ1n) is 6.16. The second-order valence-electron chi connectivity index (χ2n) is 4.38. The number of nitrogens with one attached hydrogen (secondary N) is 1. The minimum Gasteiger partial charge on any atom is -0.496 e. The van der Waals surface area contributed by atoms with Gasteiger partial charge in [-0.2, -0.15) is 0 Å². The van der Waals surface area contributed by atoms with Crippen LogP contribution in [-0.4, -0.2) is 44.7 Å². The summed E-state index contributed by atoms with van der Waals surface area (Å²) in [6, 6.07) is 3.49. The van der Waals surface area contributed by atoms with Gasteiger partial charge in [0.1, 0.15) is 11.6 Å². The second kappa shape index (κ2) is 6.50. The summed E-state index contributed by atoms with van der Waals surface area (Å²) in [5, 5.41) is 3.31. The van der Waals surface area contributed by atoms with Crippen molar-refractivity contribution >= 4 is 15.9 Å². The largest absolute Gasteiger partial charge is 0.496 e. The van der Waals surface area contributed by atoms with Gasteiger partial charge in [-0.15, -0.1) is 0 Å². The molecule has 1 fully saturated rings. The molecule has 0 aliphatic carbocycles. The first-order chi connectivity index (χ1) is 8.72. The third kappa shape index (κ3) is 3.22. The Morgan fingerprint density at radius 3 is 2.78 bits per heavy atom. The molecule has 1 aromatic rings. The molecule has 0 radical (unpaired) electrons. The Bertz CT molecular complexity index is 408. The van der Waals surface area contributed by atoms with Crippen LogP contribution in [0.1, 0.15) is 5.56 Å². The van der Waals surface area contributed by atoms with Crippen LogP contribution >= 0.6 is 15.9 Å². The maximum atomic E-state index is 14.0. The zero-order valence-electron chi connectivity index (χ0n) is 10.5. The number of halogens is 2. The Labute approximate surface area is 115 Å². The van der Waals surface area contributed by atoms with E-state index in [1.54, 1.807) is 19.2 Å². The van der Waals surface area contributed by atoms with Crippen molar-refractivity contribution in [1.82, 2.24) is 10.2 Å². The summed E-state index contributed by atoms with van der Waals surface area (Å²) < 4.78 is 19.8. The Hall–Kier alpha value is -0.650. The molecule has 0 unspecified atom stereocenters. The SMILES string of the molecule is COc1ccc(Br)c(F)c1CCN1CCNCC1. The van der Waals surface area contributed by atoms with Gasteiger partial charge in [-0.3, -0.25) is 0 Å². The summed E-state index contributed by atoms with van der Waals surface area (Å²) in [5.41, 5.74) is 0.658. The molecule has 1 aliphatic rings. The van der Waals surface area contributed by atoms with E-state index in [0.29, 0.717) is 22.2 Å². The molecule has 1 saturated heterocycles. The Morgan fingerprint density at radius 1 is 1.39 bits per heavy atom. The highest BCUT2D eigenvalue weighted by Gasteiger charge is 2.15. The molecule has 3 nitrogen and oxygen atoms in total. The van der Waals surface area contributed by atoms with Gasteiger partial charge in [-0.25, -0.2) is 4.39 Å². The van der Waals surface area contributed by atoms with Gasteiger partial charge in [0, 0.05) is 38.3 Å². The molecule has 0 saturated carbocycles. The van der Waals surface area contributed by atoms with Crippen molar-refractivity contribution in [2.75, 3.05) is 39.8 Å². The van der Waals surface area contributed by atoms with Crippen LogP contribution in [-0.2, 0) is 6.42 Å². The van der Waals surface area contributed by atoms with Crippen LogP contribution in [0.3, 0.4) is 0 Å². The lowest BCUT2D eigenvalue weighted by Gasteiger charge is -2.27. The molecule has 1 aliphatic heterocycles. The fourth-order valence-corrected chi connectivity index (χ4v) is 2.58. The van der Waals surface area contributed by atoms with Gasteiger partial charge in [0.15, 0.2) is 0 Å². The number of rotatable bonds is 4. The van der Waals surface area contributed by atoms with Crippen LogP contribution in [0.2, 0.25) is 0 Å². The van der Waals surface area contributed by atoms with Crippen LogP contribution in [0.15, 0.2) is 16.6 Å². The van der Waals surface area contributed by atoms with Crippen molar-refractivity contribution in [2.24, 2.45) is 0 Å². The molecule has 1 N–H and O–H groups in total. The van der Waals surface area contributed by atoms with Crippen LogP contribution in [0, 0.1) is 5.82 Å². The molecule has 0 bridgehead atoms. The van der Waals surface area contributed by atoms with E-state index in [4.69, 9.17) is 4.74 Å². The topological polar surface area (TPSA) is 24.5 Å². The summed E-state index contributed by atoms with van der Waals surface area (Å²) in [5.74, 6) is 0.426. The molecule has 1 heterocycles. The zero-order chi connectivity index (χ0) is 13.0. The van der Waals surface area contributed by atoms with Gasteiger partial charge in [0.25, 0.3) is 0 Å². The predicted octanol–water partition coefficient (Wildman–Crippen LogP) is 2.04. The summed E-state index contributed by atoms with van der Waals surface area (Å²) in [7, 11) is 1.58. The van der Waals surface area contributed by atoms with Gasteiger partial charge in [-0.1, -0.05) is 0 Å². The number of nitrogens with zero attached hydrogens (tertiary/aromatic N) is 1. The van der Waals surface area contributed by atoms with Crippen molar-refractivity contribution in [3.63, 3.8) is 0 Å². The molecule has 1 aromatic carbocycles. The number of benzene rings is 1. The molecule has 18 heavy (non-hydrogen) atoms. The number of piperazine rings is 1. The molecule has 2 rings (SSSR count). The van der Waals surface area contributed by atoms with E-state index in [1.807, 2.05) is 0 Å². The van der Waals surface area contributed by atoms with E-state index in [-0.39, 0.29) is 5.82 Å². The Morgan fingerprint density at radius 2 is 2.11 bits per heavy atom. The molecule has 0 aromatic heterocycles. The highest BCUT2D eigenvalue weighted by molar-refractivity contribution is 9.10. The highest BCUT2D eigenvalue weighted by Crippen LogP contribution is 2.28. The smallest absolute Gasteiger partial charge is 0.144 e. The number of hydrogen-bond acceptors (Lipinski definition) is 3. The third-order valence-corrected chi connectivity index (χ3v) is 3.87. The van der Waals surface area contributed by atoms with E-state index in [9.17, 15) is 4.39 Å². The van der Waals surface area contributed by atoms with Crippen LogP contribution in [0.5, 0.6) is 5.75 Å². The lowest BCUT2D eigenvalue weighted by Crippen LogP contribution is -2.44. The second-order valence-corrected chi connectivity index (χ2v) is 5.24. The van der Waals surface area contributed by atoms with E-state index < -0.39 is 0 Å². The van der Waals surface area contributed by atoms with Crippen molar-refractivity contribution in [1.29, 1.82) is 0 Å². The van der Waals surface area contributed by atoms with E-state index >= 15 is 0 Å². The Kier molecular flexibility index (Phi) is 4.97. The van der Waals surface area contributed by atoms with Crippen LogP contribution < -0.4 is 10.1 Å². The van der Waals surface area contributed by atoms with E-state index in [2.05, 4.69) is 26.1 Å². The molecule has 0 amide bonds. The highest BCUT2D eigenvalue weighted by atomic mass is 79.9. The summed E-state index contributed by atoms with van der Waals surface area (Å²) >= 11 is 3.22. The zero-order valence-corrected chi connectivity index (χ0v) is 12.1. The summed E-state index contributed by atoms with van der Waals surface area (Å²) in [4.78, 5) is 2.34. The molecule has 5 heteroatoms. The summed E-state index contributed by atoms with van der Waals surface area (Å²) in [6.07, 6.45) is 0.675. The molecule has 100 valence electrons. The van der Waals surface area contributed by atoms with Gasteiger partial charge in [0.2, 0.25) is 0 Å². The quantitative estimate of drug-likeness (QED) is 0.920. The third-order valence-electron chi connectivity index (χ3n) is 3.26.